The van der Waals surface area contributed by atoms with Crippen molar-refractivity contribution >= 4 is 21.4 Å². The number of benzene rings is 1. The summed E-state index contributed by atoms with van der Waals surface area (Å²) in [4.78, 5) is 0. The Balaban J connectivity index is 2.84. The Labute approximate surface area is 83.8 Å². The number of nitriles is 1. The summed E-state index contributed by atoms with van der Waals surface area (Å²) in [6, 6.07) is 5.14. The van der Waals surface area contributed by atoms with E-state index in [-0.39, 0.29) is 12.4 Å². The molecule has 1 aromatic heterocycles. The van der Waals surface area contributed by atoms with E-state index in [1.165, 1.54) is 16.7 Å². The Morgan fingerprint density at radius 3 is 2.93 bits per heavy atom. The molecule has 0 aliphatic heterocycles. The maximum atomic E-state index is 13.2. The number of rotatable bonds is 1. The molecule has 14 heavy (non-hydrogen) atoms. The third-order valence-electron chi connectivity index (χ3n) is 1.99. The Hall–Kier alpha value is -1.44. The van der Waals surface area contributed by atoms with Crippen molar-refractivity contribution in [1.82, 2.24) is 0 Å². The molecule has 4 heteroatoms. The molecule has 70 valence electrons. The molecule has 0 unspecified atom stereocenters. The van der Waals surface area contributed by atoms with Crippen LogP contribution < -0.4 is 0 Å². The van der Waals surface area contributed by atoms with Gasteiger partial charge in [0.05, 0.1) is 16.9 Å². The molecule has 0 saturated carbocycles. The Bertz CT molecular complexity index is 527. The van der Waals surface area contributed by atoms with Gasteiger partial charge in [0.2, 0.25) is 0 Å². The lowest BCUT2D eigenvalue weighted by Gasteiger charge is -1.98. The molecule has 2 rings (SSSR count). The first-order chi connectivity index (χ1) is 6.76. The number of thiophene rings is 1. The van der Waals surface area contributed by atoms with Gasteiger partial charge in [-0.1, -0.05) is 0 Å². The van der Waals surface area contributed by atoms with E-state index in [1.54, 1.807) is 12.1 Å². The minimum absolute atomic E-state index is 0.181. The lowest BCUT2D eigenvalue weighted by molar-refractivity contribution is 0.282. The largest absolute Gasteiger partial charge is 0.392 e. The molecule has 0 bridgehead atoms. The van der Waals surface area contributed by atoms with Gasteiger partial charge in [0, 0.05) is 10.8 Å². The van der Waals surface area contributed by atoms with Crippen LogP contribution in [0.2, 0.25) is 0 Å². The van der Waals surface area contributed by atoms with Crippen molar-refractivity contribution in [3.05, 3.63) is 34.5 Å². The molecule has 0 aliphatic carbocycles. The van der Waals surface area contributed by atoms with E-state index in [0.717, 1.165) is 0 Å². The summed E-state index contributed by atoms with van der Waals surface area (Å²) in [6.45, 7) is -0.181. The van der Waals surface area contributed by atoms with E-state index in [4.69, 9.17) is 10.4 Å². The molecule has 2 nitrogen and oxygen atoms in total. The Kier molecular flexibility index (Phi) is 2.20. The van der Waals surface area contributed by atoms with E-state index in [9.17, 15) is 4.39 Å². The molecular formula is C10H6FNOS. The molecule has 0 saturated heterocycles. The number of hydrogen-bond acceptors (Lipinski definition) is 3. The van der Waals surface area contributed by atoms with Gasteiger partial charge in [-0.15, -0.1) is 11.3 Å². The quantitative estimate of drug-likeness (QED) is 0.780. The first kappa shape index (κ1) is 9.13. The molecule has 0 fully saturated rings. The van der Waals surface area contributed by atoms with E-state index in [1.807, 2.05) is 6.07 Å². The van der Waals surface area contributed by atoms with E-state index in [2.05, 4.69) is 0 Å². The van der Waals surface area contributed by atoms with Gasteiger partial charge < -0.3 is 5.11 Å². The smallest absolute Gasteiger partial charge is 0.141 e. The van der Waals surface area contributed by atoms with Crippen molar-refractivity contribution in [1.29, 1.82) is 5.26 Å². The van der Waals surface area contributed by atoms with E-state index >= 15 is 0 Å². The van der Waals surface area contributed by atoms with Crippen LogP contribution in [0.4, 0.5) is 4.39 Å². The molecular weight excluding hydrogens is 201 g/mol. The standard InChI is InChI=1S/C10H6FNOS/c11-9-5-14-10-7(3-12)1-6(4-13)2-8(9)10/h1-2,5,13H,4H2. The van der Waals surface area contributed by atoms with Gasteiger partial charge in [-0.2, -0.15) is 5.26 Å². The minimum Gasteiger partial charge on any atom is -0.392 e. The van der Waals surface area contributed by atoms with Gasteiger partial charge in [0.15, 0.2) is 0 Å². The summed E-state index contributed by atoms with van der Waals surface area (Å²) >= 11 is 1.21. The number of fused-ring (bicyclic) bond motifs is 1. The lowest BCUT2D eigenvalue weighted by atomic mass is 10.1. The van der Waals surface area contributed by atoms with Crippen molar-refractivity contribution in [3.63, 3.8) is 0 Å². The predicted molar refractivity (Wildman–Crippen MR) is 52.4 cm³/mol. The second-order valence-electron chi connectivity index (χ2n) is 2.87. The van der Waals surface area contributed by atoms with Gasteiger partial charge in [-0.25, -0.2) is 4.39 Å². The normalized spacial score (nSPS) is 10.4. The van der Waals surface area contributed by atoms with Crippen molar-refractivity contribution in [2.75, 3.05) is 0 Å². The number of nitrogens with zero attached hydrogens (tertiary/aromatic N) is 1. The van der Waals surface area contributed by atoms with Crippen LogP contribution in [-0.2, 0) is 6.61 Å². The minimum atomic E-state index is -0.336. The molecule has 0 spiro atoms. The van der Waals surface area contributed by atoms with Crippen LogP contribution in [0.1, 0.15) is 11.1 Å². The highest BCUT2D eigenvalue weighted by molar-refractivity contribution is 7.17. The topological polar surface area (TPSA) is 44.0 Å². The summed E-state index contributed by atoms with van der Waals surface area (Å²) in [5.41, 5.74) is 0.979. The molecule has 0 atom stereocenters. The fourth-order valence-electron chi connectivity index (χ4n) is 1.34. The molecule has 0 amide bonds. The molecule has 2 aromatic rings. The summed E-state index contributed by atoms with van der Waals surface area (Å²) in [5.74, 6) is -0.336. The summed E-state index contributed by atoms with van der Waals surface area (Å²) < 4.78 is 13.8. The molecule has 1 heterocycles. The first-order valence-corrected chi connectivity index (χ1v) is 4.85. The van der Waals surface area contributed by atoms with Gasteiger partial charge in [0.1, 0.15) is 11.9 Å². The van der Waals surface area contributed by atoms with Crippen molar-refractivity contribution in [2.24, 2.45) is 0 Å². The zero-order valence-electron chi connectivity index (χ0n) is 7.12. The highest BCUT2D eigenvalue weighted by Gasteiger charge is 2.09. The van der Waals surface area contributed by atoms with Crippen LogP contribution in [0.25, 0.3) is 10.1 Å². The maximum Gasteiger partial charge on any atom is 0.141 e. The zero-order chi connectivity index (χ0) is 10.1. The summed E-state index contributed by atoms with van der Waals surface area (Å²) in [6.07, 6.45) is 0. The van der Waals surface area contributed by atoms with E-state index < -0.39 is 0 Å². The fraction of sp³-hybridized carbons (Fsp3) is 0.100. The molecule has 0 radical (unpaired) electrons. The van der Waals surface area contributed by atoms with Crippen LogP contribution >= 0.6 is 11.3 Å². The van der Waals surface area contributed by atoms with Crippen molar-refractivity contribution in [3.8, 4) is 6.07 Å². The zero-order valence-corrected chi connectivity index (χ0v) is 7.94. The predicted octanol–water partition coefficient (Wildman–Crippen LogP) is 2.40. The van der Waals surface area contributed by atoms with Crippen LogP contribution in [-0.4, -0.2) is 5.11 Å². The van der Waals surface area contributed by atoms with Crippen LogP contribution in [0.5, 0.6) is 0 Å². The number of hydrogen-bond donors (Lipinski definition) is 1. The number of aliphatic hydroxyl groups is 1. The van der Waals surface area contributed by atoms with Crippen molar-refractivity contribution < 1.29 is 9.50 Å². The monoisotopic (exact) mass is 207 g/mol. The Morgan fingerprint density at radius 1 is 1.50 bits per heavy atom. The first-order valence-electron chi connectivity index (χ1n) is 3.97. The second-order valence-corrected chi connectivity index (χ2v) is 3.75. The summed E-state index contributed by atoms with van der Waals surface area (Å²) in [5, 5.41) is 19.5. The molecule has 1 aromatic carbocycles. The van der Waals surface area contributed by atoms with Crippen LogP contribution in [0, 0.1) is 17.1 Å². The maximum absolute atomic E-state index is 13.2. The second kappa shape index (κ2) is 3.37. The van der Waals surface area contributed by atoms with E-state index in [0.29, 0.717) is 21.2 Å². The number of halogens is 1. The highest BCUT2D eigenvalue weighted by Crippen LogP contribution is 2.29. The van der Waals surface area contributed by atoms with Gasteiger partial charge in [0.25, 0.3) is 0 Å². The third-order valence-corrected chi connectivity index (χ3v) is 2.99. The van der Waals surface area contributed by atoms with Gasteiger partial charge in [-0.3, -0.25) is 0 Å². The highest BCUT2D eigenvalue weighted by atomic mass is 32.1. The van der Waals surface area contributed by atoms with Crippen LogP contribution in [0.15, 0.2) is 17.5 Å². The lowest BCUT2D eigenvalue weighted by Crippen LogP contribution is -1.85. The SMILES string of the molecule is N#Cc1cc(CO)cc2c(F)csc12. The fourth-order valence-corrected chi connectivity index (χ4v) is 2.20. The average molecular weight is 207 g/mol. The van der Waals surface area contributed by atoms with Crippen LogP contribution in [0.3, 0.4) is 0 Å². The molecule has 0 aliphatic rings. The number of aliphatic hydroxyl groups excluding tert-OH is 1. The average Bonchev–Trinajstić information content (AvgIpc) is 2.59. The third kappa shape index (κ3) is 1.27. The van der Waals surface area contributed by atoms with Gasteiger partial charge >= 0.3 is 0 Å². The van der Waals surface area contributed by atoms with Gasteiger partial charge in [-0.05, 0) is 17.7 Å². The molecule has 1 N–H and O–H groups in total. The summed E-state index contributed by atoms with van der Waals surface area (Å²) in [7, 11) is 0. The van der Waals surface area contributed by atoms with Crippen molar-refractivity contribution in [2.45, 2.75) is 6.61 Å². The Morgan fingerprint density at radius 2 is 2.29 bits per heavy atom.